The van der Waals surface area contributed by atoms with Crippen molar-refractivity contribution < 1.29 is 4.74 Å². The van der Waals surface area contributed by atoms with E-state index in [1.54, 1.807) is 16.5 Å². The highest BCUT2D eigenvalue weighted by molar-refractivity contribution is 6.29. The lowest BCUT2D eigenvalue weighted by Crippen LogP contribution is -1.92. The second-order valence-electron chi connectivity index (χ2n) is 4.39. The Hall–Kier alpha value is -2.20. The number of anilines is 1. The first-order chi connectivity index (χ1) is 9.69. The van der Waals surface area contributed by atoms with Crippen LogP contribution in [0.3, 0.4) is 0 Å². The summed E-state index contributed by atoms with van der Waals surface area (Å²) in [7, 11) is 0. The van der Waals surface area contributed by atoms with Crippen molar-refractivity contribution in [3.63, 3.8) is 0 Å². The molecule has 2 N–H and O–H groups in total. The molecule has 0 aliphatic rings. The van der Waals surface area contributed by atoms with E-state index >= 15 is 0 Å². The Morgan fingerprint density at radius 1 is 1.20 bits per heavy atom. The fraction of sp³-hybridized carbons (Fsp3) is 0.133. The van der Waals surface area contributed by atoms with Gasteiger partial charge in [-0.25, -0.2) is 4.98 Å². The van der Waals surface area contributed by atoms with E-state index in [1.807, 2.05) is 37.4 Å². The molecule has 0 fully saturated rings. The highest BCUT2D eigenvalue weighted by atomic mass is 35.5. The lowest BCUT2D eigenvalue weighted by molar-refractivity contribution is 0.340. The number of halogens is 1. The zero-order valence-electron chi connectivity index (χ0n) is 11.0. The highest BCUT2D eigenvalue weighted by Gasteiger charge is 2.09. The largest absolute Gasteiger partial charge is 0.494 e. The van der Waals surface area contributed by atoms with E-state index in [1.165, 1.54) is 0 Å². The lowest BCUT2D eigenvalue weighted by Gasteiger charge is -2.02. The molecule has 0 saturated carbocycles. The SMILES string of the molecule is CCOc1ccc(-c2cn3c(Cl)ccc(N)c3n2)cc1. The first-order valence-corrected chi connectivity index (χ1v) is 6.73. The van der Waals surface area contributed by atoms with Gasteiger partial charge in [0.25, 0.3) is 0 Å². The Morgan fingerprint density at radius 3 is 2.60 bits per heavy atom. The second kappa shape index (κ2) is 5.06. The van der Waals surface area contributed by atoms with E-state index in [-0.39, 0.29) is 0 Å². The molecule has 0 aliphatic heterocycles. The number of ether oxygens (including phenoxy) is 1. The van der Waals surface area contributed by atoms with Crippen molar-refractivity contribution in [1.82, 2.24) is 9.38 Å². The minimum Gasteiger partial charge on any atom is -0.494 e. The summed E-state index contributed by atoms with van der Waals surface area (Å²) in [6.07, 6.45) is 1.88. The smallest absolute Gasteiger partial charge is 0.161 e. The molecule has 2 aromatic heterocycles. The highest BCUT2D eigenvalue weighted by Crippen LogP contribution is 2.26. The van der Waals surface area contributed by atoms with Crippen molar-refractivity contribution in [2.24, 2.45) is 0 Å². The zero-order chi connectivity index (χ0) is 14.1. The fourth-order valence-electron chi connectivity index (χ4n) is 2.09. The zero-order valence-corrected chi connectivity index (χ0v) is 11.8. The van der Waals surface area contributed by atoms with Gasteiger partial charge in [-0.2, -0.15) is 0 Å². The lowest BCUT2D eigenvalue weighted by atomic mass is 10.2. The number of nitrogens with zero attached hydrogens (tertiary/aromatic N) is 2. The van der Waals surface area contributed by atoms with Crippen LogP contribution in [0.25, 0.3) is 16.9 Å². The summed E-state index contributed by atoms with van der Waals surface area (Å²) >= 11 is 6.14. The normalized spacial score (nSPS) is 10.9. The molecule has 0 unspecified atom stereocenters. The number of benzene rings is 1. The first-order valence-electron chi connectivity index (χ1n) is 6.35. The standard InChI is InChI=1S/C15H14ClN3O/c1-2-20-11-5-3-10(4-6-11)13-9-19-14(16)8-7-12(17)15(19)18-13/h3-9H,2,17H2,1H3. The predicted octanol–water partition coefficient (Wildman–Crippen LogP) is 3.64. The van der Waals surface area contributed by atoms with Gasteiger partial charge in [-0.1, -0.05) is 11.6 Å². The molecule has 3 aromatic rings. The number of rotatable bonds is 3. The average Bonchev–Trinajstić information content (AvgIpc) is 2.91. The van der Waals surface area contributed by atoms with Crippen molar-refractivity contribution in [3.8, 4) is 17.0 Å². The molecule has 0 atom stereocenters. The van der Waals surface area contributed by atoms with Crippen LogP contribution in [0.4, 0.5) is 5.69 Å². The van der Waals surface area contributed by atoms with Gasteiger partial charge in [-0.05, 0) is 43.3 Å². The van der Waals surface area contributed by atoms with E-state index in [0.717, 1.165) is 17.0 Å². The maximum atomic E-state index is 6.14. The van der Waals surface area contributed by atoms with Crippen molar-refractivity contribution in [2.45, 2.75) is 6.92 Å². The topological polar surface area (TPSA) is 52.5 Å². The van der Waals surface area contributed by atoms with E-state index in [9.17, 15) is 0 Å². The molecule has 1 aromatic carbocycles. The van der Waals surface area contributed by atoms with E-state index < -0.39 is 0 Å². The minimum absolute atomic E-state index is 0.582. The summed E-state index contributed by atoms with van der Waals surface area (Å²) in [5, 5.41) is 0.582. The Morgan fingerprint density at radius 2 is 1.95 bits per heavy atom. The predicted molar refractivity (Wildman–Crippen MR) is 81.2 cm³/mol. The molecular weight excluding hydrogens is 274 g/mol. The van der Waals surface area contributed by atoms with Gasteiger partial charge in [-0.15, -0.1) is 0 Å². The van der Waals surface area contributed by atoms with Crippen LogP contribution in [0, 0.1) is 0 Å². The summed E-state index contributed by atoms with van der Waals surface area (Å²) in [6.45, 7) is 2.61. The van der Waals surface area contributed by atoms with Gasteiger partial charge in [0.05, 0.1) is 18.0 Å². The van der Waals surface area contributed by atoms with Crippen molar-refractivity contribution in [1.29, 1.82) is 0 Å². The molecule has 3 rings (SSSR count). The molecule has 0 spiro atoms. The molecule has 0 aliphatic carbocycles. The van der Waals surface area contributed by atoms with Gasteiger partial charge in [-0.3, -0.25) is 4.40 Å². The molecule has 0 saturated heterocycles. The summed E-state index contributed by atoms with van der Waals surface area (Å²) in [6, 6.07) is 11.3. The van der Waals surface area contributed by atoms with Crippen LogP contribution in [0.15, 0.2) is 42.6 Å². The van der Waals surface area contributed by atoms with Crippen LogP contribution in [-0.4, -0.2) is 16.0 Å². The number of aromatic nitrogens is 2. The fourth-order valence-corrected chi connectivity index (χ4v) is 2.28. The molecule has 4 nitrogen and oxygen atoms in total. The summed E-state index contributed by atoms with van der Waals surface area (Å²) < 4.78 is 7.21. The van der Waals surface area contributed by atoms with Gasteiger partial charge >= 0.3 is 0 Å². The Bertz CT molecular complexity index is 711. The third-order valence-corrected chi connectivity index (χ3v) is 3.36. The van der Waals surface area contributed by atoms with Crippen LogP contribution >= 0.6 is 11.6 Å². The number of fused-ring (bicyclic) bond motifs is 1. The molecule has 20 heavy (non-hydrogen) atoms. The van der Waals surface area contributed by atoms with Crippen LogP contribution in [0.2, 0.25) is 5.15 Å². The van der Waals surface area contributed by atoms with Crippen LogP contribution < -0.4 is 10.5 Å². The monoisotopic (exact) mass is 287 g/mol. The van der Waals surface area contributed by atoms with Crippen molar-refractivity contribution >= 4 is 22.9 Å². The summed E-state index contributed by atoms with van der Waals surface area (Å²) in [5.74, 6) is 0.845. The van der Waals surface area contributed by atoms with Crippen LogP contribution in [-0.2, 0) is 0 Å². The van der Waals surface area contributed by atoms with Gasteiger partial charge in [0, 0.05) is 11.8 Å². The molecule has 102 valence electrons. The molecule has 0 amide bonds. The third kappa shape index (κ3) is 2.18. The van der Waals surface area contributed by atoms with Crippen LogP contribution in [0.5, 0.6) is 5.75 Å². The number of nitrogen functional groups attached to an aromatic ring is 1. The quantitative estimate of drug-likeness (QED) is 0.748. The van der Waals surface area contributed by atoms with E-state index in [0.29, 0.717) is 23.1 Å². The number of nitrogens with two attached hydrogens (primary N) is 1. The molecule has 0 radical (unpaired) electrons. The molecule has 2 heterocycles. The van der Waals surface area contributed by atoms with Gasteiger partial charge in [0.2, 0.25) is 0 Å². The number of hydrogen-bond donors (Lipinski definition) is 1. The van der Waals surface area contributed by atoms with Gasteiger partial charge < -0.3 is 10.5 Å². The third-order valence-electron chi connectivity index (χ3n) is 3.06. The minimum atomic E-state index is 0.582. The van der Waals surface area contributed by atoms with Crippen molar-refractivity contribution in [3.05, 3.63) is 47.7 Å². The van der Waals surface area contributed by atoms with Gasteiger partial charge in [0.1, 0.15) is 10.9 Å². The number of imidazole rings is 1. The Kier molecular flexibility index (Phi) is 3.24. The Balaban J connectivity index is 2.06. The second-order valence-corrected chi connectivity index (χ2v) is 4.78. The number of hydrogen-bond acceptors (Lipinski definition) is 3. The molecule has 5 heteroatoms. The first kappa shape index (κ1) is 12.8. The summed E-state index contributed by atoms with van der Waals surface area (Å²) in [5.41, 5.74) is 9.01. The van der Waals surface area contributed by atoms with Crippen molar-refractivity contribution in [2.75, 3.05) is 12.3 Å². The summed E-state index contributed by atoms with van der Waals surface area (Å²) in [4.78, 5) is 4.53. The van der Waals surface area contributed by atoms with Gasteiger partial charge in [0.15, 0.2) is 5.65 Å². The van der Waals surface area contributed by atoms with Crippen LogP contribution in [0.1, 0.15) is 6.92 Å². The maximum Gasteiger partial charge on any atom is 0.161 e. The molecular formula is C15H14ClN3O. The average molecular weight is 288 g/mol. The van der Waals surface area contributed by atoms with E-state index in [2.05, 4.69) is 4.98 Å². The van der Waals surface area contributed by atoms with E-state index in [4.69, 9.17) is 22.1 Å². The maximum absolute atomic E-state index is 6.14. The Labute approximate surface area is 121 Å². The molecule has 0 bridgehead atoms. The number of pyridine rings is 1.